The number of carbonyl (C=O) groups is 2. The summed E-state index contributed by atoms with van der Waals surface area (Å²) in [5.74, 6) is -0.590. The number of carbonyl (C=O) groups excluding carboxylic acids is 2. The standard InChI is InChI=1S/C32H45N5O5S/c1-21(2)29(27-17-28(36-42-27)41-15-9-7-5-4-6-8-14-33)32(40)37-19-25(38)16-26(37)31(39)34-18-23-10-12-24(13-11-23)30-22(3)35-20-43-30/h10-13,17,20-21,25-26,29,38H,4-9,14-16,18-19,33H2,1-3H3,(H,34,39)/t25-,26+,29-/m1/s1. The van der Waals surface area contributed by atoms with E-state index in [1.54, 1.807) is 17.4 Å². The Hall–Kier alpha value is -3.28. The summed E-state index contributed by atoms with van der Waals surface area (Å²) in [6, 6.07) is 8.88. The molecule has 10 nitrogen and oxygen atoms in total. The number of aliphatic hydroxyl groups excluding tert-OH is 1. The van der Waals surface area contributed by atoms with E-state index in [1.165, 1.54) is 11.3 Å². The first-order valence-electron chi connectivity index (χ1n) is 15.3. The minimum absolute atomic E-state index is 0.0891. The summed E-state index contributed by atoms with van der Waals surface area (Å²) in [7, 11) is 0. The van der Waals surface area contributed by atoms with Crippen molar-refractivity contribution in [2.75, 3.05) is 19.7 Å². The molecule has 1 saturated heterocycles. The third kappa shape index (κ3) is 8.87. The fraction of sp³-hybridized carbons (Fsp3) is 0.562. The Morgan fingerprint density at radius 2 is 1.88 bits per heavy atom. The Morgan fingerprint density at radius 3 is 2.56 bits per heavy atom. The zero-order valence-electron chi connectivity index (χ0n) is 25.5. The molecule has 0 radical (unpaired) electrons. The van der Waals surface area contributed by atoms with Gasteiger partial charge in [-0.15, -0.1) is 11.3 Å². The third-order valence-electron chi connectivity index (χ3n) is 7.89. The van der Waals surface area contributed by atoms with Crippen LogP contribution in [0.25, 0.3) is 10.4 Å². The summed E-state index contributed by atoms with van der Waals surface area (Å²) in [5, 5.41) is 17.4. The number of nitrogens with one attached hydrogen (secondary N) is 1. The van der Waals surface area contributed by atoms with Gasteiger partial charge in [0.15, 0.2) is 5.76 Å². The number of aliphatic hydroxyl groups is 1. The van der Waals surface area contributed by atoms with Crippen molar-refractivity contribution in [3.8, 4) is 16.3 Å². The molecular weight excluding hydrogens is 566 g/mol. The molecule has 234 valence electrons. The normalized spacial score (nSPS) is 17.4. The molecule has 0 unspecified atom stereocenters. The second-order valence-corrected chi connectivity index (χ2v) is 12.5. The van der Waals surface area contributed by atoms with Gasteiger partial charge in [-0.25, -0.2) is 4.98 Å². The van der Waals surface area contributed by atoms with Crippen molar-refractivity contribution in [2.24, 2.45) is 11.7 Å². The van der Waals surface area contributed by atoms with Crippen LogP contribution >= 0.6 is 11.3 Å². The average molecular weight is 612 g/mol. The Morgan fingerprint density at radius 1 is 1.16 bits per heavy atom. The van der Waals surface area contributed by atoms with Crippen LogP contribution in [0.5, 0.6) is 5.88 Å². The maximum absolute atomic E-state index is 13.8. The quantitative estimate of drug-likeness (QED) is 0.196. The van der Waals surface area contributed by atoms with E-state index >= 15 is 0 Å². The summed E-state index contributed by atoms with van der Waals surface area (Å²) >= 11 is 1.60. The van der Waals surface area contributed by atoms with Crippen LogP contribution in [0, 0.1) is 12.8 Å². The Labute approximate surface area is 258 Å². The second-order valence-electron chi connectivity index (χ2n) is 11.6. The maximum atomic E-state index is 13.8. The van der Waals surface area contributed by atoms with Gasteiger partial charge >= 0.3 is 0 Å². The van der Waals surface area contributed by atoms with Gasteiger partial charge < -0.3 is 30.3 Å². The number of thiazole rings is 1. The molecule has 1 aliphatic rings. The van der Waals surface area contributed by atoms with E-state index in [1.807, 2.05) is 50.5 Å². The van der Waals surface area contributed by atoms with Crippen molar-refractivity contribution >= 4 is 23.2 Å². The number of aromatic nitrogens is 2. The lowest BCUT2D eigenvalue weighted by molar-refractivity contribution is -0.141. The van der Waals surface area contributed by atoms with Gasteiger partial charge in [0.2, 0.25) is 11.8 Å². The smallest absolute Gasteiger partial charge is 0.254 e. The van der Waals surface area contributed by atoms with E-state index in [9.17, 15) is 14.7 Å². The molecule has 0 saturated carbocycles. The molecule has 3 heterocycles. The molecule has 1 fully saturated rings. The van der Waals surface area contributed by atoms with Gasteiger partial charge in [0.1, 0.15) is 12.0 Å². The van der Waals surface area contributed by atoms with Crippen LogP contribution in [-0.4, -0.2) is 63.8 Å². The lowest BCUT2D eigenvalue weighted by Crippen LogP contribution is -2.48. The summed E-state index contributed by atoms with van der Waals surface area (Å²) < 4.78 is 11.3. The van der Waals surface area contributed by atoms with E-state index in [0.29, 0.717) is 24.8 Å². The number of β-amino-alcohol motifs (C(OH)–C–C–N with tert-alkyl or cyclic N) is 1. The number of unbranched alkanes of at least 4 members (excludes halogenated alkanes) is 5. The molecule has 0 aliphatic carbocycles. The highest BCUT2D eigenvalue weighted by atomic mass is 32.1. The van der Waals surface area contributed by atoms with Gasteiger partial charge in [-0.05, 0) is 48.5 Å². The van der Waals surface area contributed by atoms with Gasteiger partial charge in [-0.2, -0.15) is 0 Å². The first kappa shape index (κ1) is 32.6. The molecule has 2 amide bonds. The number of ether oxygens (including phenoxy) is 1. The van der Waals surface area contributed by atoms with Gasteiger partial charge in [-0.1, -0.05) is 63.8 Å². The van der Waals surface area contributed by atoms with Crippen molar-refractivity contribution in [1.82, 2.24) is 20.4 Å². The summed E-state index contributed by atoms with van der Waals surface area (Å²) in [6.45, 7) is 7.51. The molecule has 4 rings (SSSR count). The van der Waals surface area contributed by atoms with Crippen LogP contribution in [-0.2, 0) is 16.1 Å². The number of rotatable bonds is 16. The first-order valence-corrected chi connectivity index (χ1v) is 16.2. The van der Waals surface area contributed by atoms with Crippen molar-refractivity contribution in [1.29, 1.82) is 0 Å². The predicted octanol–water partition coefficient (Wildman–Crippen LogP) is 4.80. The molecule has 0 spiro atoms. The number of nitrogens with two attached hydrogens (primary N) is 1. The van der Waals surface area contributed by atoms with E-state index in [-0.39, 0.29) is 30.7 Å². The maximum Gasteiger partial charge on any atom is 0.254 e. The zero-order valence-corrected chi connectivity index (χ0v) is 26.3. The molecule has 43 heavy (non-hydrogen) atoms. The average Bonchev–Trinajstić information content (AvgIpc) is 3.73. The first-order chi connectivity index (χ1) is 20.8. The Bertz CT molecular complexity index is 1310. The van der Waals surface area contributed by atoms with Crippen LogP contribution in [0.3, 0.4) is 0 Å². The number of hydrogen-bond donors (Lipinski definition) is 3. The van der Waals surface area contributed by atoms with Crippen LogP contribution < -0.4 is 15.8 Å². The van der Waals surface area contributed by atoms with Gasteiger partial charge in [0, 0.05) is 25.6 Å². The van der Waals surface area contributed by atoms with Crippen molar-refractivity contribution in [2.45, 2.75) is 90.3 Å². The van der Waals surface area contributed by atoms with Crippen LogP contribution in [0.15, 0.2) is 40.4 Å². The van der Waals surface area contributed by atoms with Crippen LogP contribution in [0.4, 0.5) is 0 Å². The molecule has 11 heteroatoms. The van der Waals surface area contributed by atoms with E-state index in [4.69, 9.17) is 15.0 Å². The molecule has 4 N–H and O–H groups in total. The SMILES string of the molecule is Cc1ncsc1-c1ccc(CNC(=O)[C@@H]2C[C@@H](O)CN2C(=O)[C@@H](c2cc(OCCCCCCCCN)no2)C(C)C)cc1. The van der Waals surface area contributed by atoms with E-state index in [2.05, 4.69) is 15.5 Å². The lowest BCUT2D eigenvalue weighted by atomic mass is 9.91. The van der Waals surface area contributed by atoms with Crippen molar-refractivity contribution in [3.63, 3.8) is 0 Å². The number of hydrogen-bond acceptors (Lipinski definition) is 9. The van der Waals surface area contributed by atoms with Gasteiger partial charge in [-0.3, -0.25) is 9.59 Å². The summed E-state index contributed by atoms with van der Waals surface area (Å²) in [4.78, 5) is 34.0. The monoisotopic (exact) mass is 611 g/mol. The summed E-state index contributed by atoms with van der Waals surface area (Å²) in [5.41, 5.74) is 10.4. The second kappa shape index (κ2) is 16.0. The number of benzene rings is 1. The topological polar surface area (TPSA) is 144 Å². The number of likely N-dealkylation sites (tertiary alicyclic amines) is 1. The van der Waals surface area contributed by atoms with Crippen LogP contribution in [0.2, 0.25) is 0 Å². The van der Waals surface area contributed by atoms with E-state index in [0.717, 1.165) is 60.3 Å². The minimum atomic E-state index is -0.779. The lowest BCUT2D eigenvalue weighted by Gasteiger charge is -2.28. The van der Waals surface area contributed by atoms with Gasteiger partial charge in [0.05, 0.1) is 28.8 Å². The van der Waals surface area contributed by atoms with Gasteiger partial charge in [0.25, 0.3) is 5.88 Å². The number of nitrogens with zero attached hydrogens (tertiary/aromatic N) is 3. The molecule has 1 aromatic carbocycles. The number of aryl methyl sites for hydroxylation is 1. The number of amides is 2. The molecular formula is C32H45N5O5S. The highest BCUT2D eigenvalue weighted by Crippen LogP contribution is 2.32. The van der Waals surface area contributed by atoms with Crippen LogP contribution in [0.1, 0.15) is 81.7 Å². The molecule has 3 atom stereocenters. The molecule has 3 aromatic rings. The van der Waals surface area contributed by atoms with Crippen molar-refractivity contribution in [3.05, 3.63) is 52.9 Å². The third-order valence-corrected chi connectivity index (χ3v) is 8.87. The predicted molar refractivity (Wildman–Crippen MR) is 167 cm³/mol. The highest BCUT2D eigenvalue weighted by molar-refractivity contribution is 7.13. The minimum Gasteiger partial charge on any atom is -0.476 e. The zero-order chi connectivity index (χ0) is 30.8. The fourth-order valence-electron chi connectivity index (χ4n) is 5.50. The van der Waals surface area contributed by atoms with E-state index < -0.39 is 18.1 Å². The van der Waals surface area contributed by atoms with Crippen molar-refractivity contribution < 1.29 is 24.0 Å². The fourth-order valence-corrected chi connectivity index (χ4v) is 6.31. The highest BCUT2D eigenvalue weighted by Gasteiger charge is 2.43. The Balaban J connectivity index is 1.32. The molecule has 0 bridgehead atoms. The summed E-state index contributed by atoms with van der Waals surface area (Å²) in [6.07, 6.45) is 5.94. The Kier molecular flexibility index (Phi) is 12.1. The largest absolute Gasteiger partial charge is 0.476 e. The molecule has 1 aliphatic heterocycles. The molecule has 2 aromatic heterocycles.